The largest absolute Gasteiger partial charge is 0.507 e. The van der Waals surface area contributed by atoms with Crippen LogP contribution in [0.2, 0.25) is 0 Å². The van der Waals surface area contributed by atoms with Gasteiger partial charge in [0.25, 0.3) is 11.7 Å². The zero-order valence-electron chi connectivity index (χ0n) is 23.5. The zero-order chi connectivity index (χ0) is 28.8. The number of carbonyl (C=O) groups excluding carboxylic acids is 2. The predicted molar refractivity (Wildman–Crippen MR) is 153 cm³/mol. The molecular formula is C32H35NO7. The van der Waals surface area contributed by atoms with E-state index in [1.54, 1.807) is 66.7 Å². The second kappa shape index (κ2) is 12.6. The van der Waals surface area contributed by atoms with Crippen molar-refractivity contribution >= 4 is 23.1 Å². The molecular weight excluding hydrogens is 510 g/mol. The van der Waals surface area contributed by atoms with Gasteiger partial charge in [0.05, 0.1) is 43.1 Å². The van der Waals surface area contributed by atoms with Crippen LogP contribution in [0.4, 0.5) is 5.69 Å². The van der Waals surface area contributed by atoms with Crippen LogP contribution < -0.4 is 23.8 Å². The van der Waals surface area contributed by atoms with E-state index in [0.717, 1.165) is 0 Å². The van der Waals surface area contributed by atoms with Crippen LogP contribution in [-0.2, 0) is 9.59 Å². The lowest BCUT2D eigenvalue weighted by atomic mass is 9.94. The Morgan fingerprint density at radius 2 is 1.38 bits per heavy atom. The van der Waals surface area contributed by atoms with E-state index < -0.39 is 17.7 Å². The first kappa shape index (κ1) is 28.5. The minimum Gasteiger partial charge on any atom is -0.507 e. The fraction of sp³-hybridized carbons (Fsp3) is 0.312. The zero-order valence-corrected chi connectivity index (χ0v) is 23.5. The number of hydrogen-bond acceptors (Lipinski definition) is 7. The molecule has 3 aromatic rings. The van der Waals surface area contributed by atoms with Crippen molar-refractivity contribution in [1.82, 2.24) is 0 Å². The van der Waals surface area contributed by atoms with E-state index in [9.17, 15) is 14.7 Å². The molecule has 1 atom stereocenters. The molecule has 1 unspecified atom stereocenters. The molecule has 3 aromatic carbocycles. The van der Waals surface area contributed by atoms with E-state index in [0.29, 0.717) is 59.6 Å². The van der Waals surface area contributed by atoms with Gasteiger partial charge in [-0.3, -0.25) is 14.5 Å². The third-order valence-electron chi connectivity index (χ3n) is 6.26. The van der Waals surface area contributed by atoms with Crippen LogP contribution in [0.1, 0.15) is 51.8 Å². The van der Waals surface area contributed by atoms with Gasteiger partial charge in [0.15, 0.2) is 0 Å². The standard InChI is InChI=1S/C32H35NO7/c1-6-37-23-15-11-22(12-16-23)33-29(21-9-13-24(14-10-21)40-20(4)5)28(31(35)32(33)36)30(34)26-18-17-25(38-7-2)19-27(26)39-8-3/h9-20,29,34H,6-8H2,1-5H3/b30-28-. The Morgan fingerprint density at radius 1 is 0.800 bits per heavy atom. The normalized spacial score (nSPS) is 16.4. The lowest BCUT2D eigenvalue weighted by molar-refractivity contribution is -0.132. The number of rotatable bonds is 11. The molecule has 8 nitrogen and oxygen atoms in total. The number of nitrogens with zero attached hydrogens (tertiary/aromatic N) is 1. The maximum atomic E-state index is 13.6. The van der Waals surface area contributed by atoms with E-state index in [-0.39, 0.29) is 17.4 Å². The Balaban J connectivity index is 1.88. The molecule has 0 aromatic heterocycles. The summed E-state index contributed by atoms with van der Waals surface area (Å²) in [6.07, 6.45) is -0.0167. The van der Waals surface area contributed by atoms with Gasteiger partial charge in [-0.05, 0) is 88.7 Å². The molecule has 1 N–H and O–H groups in total. The molecule has 1 aliphatic heterocycles. The highest BCUT2D eigenvalue weighted by atomic mass is 16.5. The number of amides is 1. The molecule has 0 radical (unpaired) electrons. The van der Waals surface area contributed by atoms with Crippen molar-refractivity contribution < 1.29 is 33.6 Å². The van der Waals surface area contributed by atoms with Gasteiger partial charge in [-0.2, -0.15) is 0 Å². The van der Waals surface area contributed by atoms with Crippen LogP contribution in [0.3, 0.4) is 0 Å². The fourth-order valence-electron chi connectivity index (χ4n) is 4.66. The molecule has 0 bridgehead atoms. The van der Waals surface area contributed by atoms with E-state index in [1.807, 2.05) is 34.6 Å². The quantitative estimate of drug-likeness (QED) is 0.172. The summed E-state index contributed by atoms with van der Waals surface area (Å²) in [6, 6.07) is 18.2. The lowest BCUT2D eigenvalue weighted by Crippen LogP contribution is -2.29. The second-order valence-electron chi connectivity index (χ2n) is 9.36. The summed E-state index contributed by atoms with van der Waals surface area (Å²) in [7, 11) is 0. The summed E-state index contributed by atoms with van der Waals surface area (Å²) in [6.45, 7) is 10.7. The molecule has 4 rings (SSSR count). The Hall–Kier alpha value is -4.46. The maximum Gasteiger partial charge on any atom is 0.300 e. The molecule has 1 saturated heterocycles. The summed E-state index contributed by atoms with van der Waals surface area (Å²) in [4.78, 5) is 28.5. The number of aliphatic hydroxyl groups excluding tert-OH is 1. The van der Waals surface area contributed by atoms with E-state index >= 15 is 0 Å². The average Bonchev–Trinajstić information content (AvgIpc) is 3.20. The van der Waals surface area contributed by atoms with Crippen molar-refractivity contribution in [1.29, 1.82) is 0 Å². The Kier molecular flexibility index (Phi) is 8.99. The molecule has 0 saturated carbocycles. The van der Waals surface area contributed by atoms with Gasteiger partial charge in [0, 0.05) is 11.8 Å². The SMILES string of the molecule is CCOc1ccc(N2C(=O)C(=O)/C(=C(\O)c3ccc(OCC)cc3OCC)C2c2ccc(OC(C)C)cc2)cc1. The second-order valence-corrected chi connectivity index (χ2v) is 9.36. The van der Waals surface area contributed by atoms with E-state index in [2.05, 4.69) is 0 Å². The van der Waals surface area contributed by atoms with E-state index in [4.69, 9.17) is 18.9 Å². The molecule has 8 heteroatoms. The van der Waals surface area contributed by atoms with Crippen molar-refractivity contribution in [3.8, 4) is 23.0 Å². The summed E-state index contributed by atoms with van der Waals surface area (Å²) < 4.78 is 22.7. The van der Waals surface area contributed by atoms with Crippen molar-refractivity contribution in [2.45, 2.75) is 46.8 Å². The molecule has 210 valence electrons. The van der Waals surface area contributed by atoms with Crippen LogP contribution in [0.25, 0.3) is 5.76 Å². The molecule has 0 spiro atoms. The molecule has 0 aliphatic carbocycles. The first-order valence-corrected chi connectivity index (χ1v) is 13.5. The van der Waals surface area contributed by atoms with Gasteiger partial charge in [-0.25, -0.2) is 0 Å². The molecule has 1 fully saturated rings. The molecule has 1 aliphatic rings. The summed E-state index contributed by atoms with van der Waals surface area (Å²) in [5.74, 6) is 0.336. The third kappa shape index (κ3) is 5.91. The van der Waals surface area contributed by atoms with Crippen molar-refractivity contribution in [3.63, 3.8) is 0 Å². The maximum absolute atomic E-state index is 13.6. The summed E-state index contributed by atoms with van der Waals surface area (Å²) in [5, 5.41) is 11.6. The number of anilines is 1. The van der Waals surface area contributed by atoms with Crippen LogP contribution in [0.5, 0.6) is 23.0 Å². The summed E-state index contributed by atoms with van der Waals surface area (Å²) >= 11 is 0. The first-order valence-electron chi connectivity index (χ1n) is 13.5. The van der Waals surface area contributed by atoms with Crippen molar-refractivity contribution in [2.75, 3.05) is 24.7 Å². The molecule has 1 heterocycles. The predicted octanol–water partition coefficient (Wildman–Crippen LogP) is 6.30. The molecule has 1 amide bonds. The Bertz CT molecular complexity index is 1380. The van der Waals surface area contributed by atoms with Crippen LogP contribution in [0, 0.1) is 0 Å². The number of hydrogen-bond donors (Lipinski definition) is 1. The number of Topliss-reactive ketones (excluding diaryl/α,β-unsaturated/α-hetero) is 1. The highest BCUT2D eigenvalue weighted by molar-refractivity contribution is 6.51. The number of ether oxygens (including phenoxy) is 4. The van der Waals surface area contributed by atoms with Crippen LogP contribution >= 0.6 is 0 Å². The third-order valence-corrected chi connectivity index (χ3v) is 6.26. The highest BCUT2D eigenvalue weighted by Crippen LogP contribution is 2.44. The Morgan fingerprint density at radius 3 is 1.98 bits per heavy atom. The van der Waals surface area contributed by atoms with Gasteiger partial charge in [0.2, 0.25) is 0 Å². The van der Waals surface area contributed by atoms with Crippen LogP contribution in [0.15, 0.2) is 72.3 Å². The Labute approximate surface area is 234 Å². The van der Waals surface area contributed by atoms with Crippen LogP contribution in [-0.4, -0.2) is 42.7 Å². The monoisotopic (exact) mass is 545 g/mol. The smallest absolute Gasteiger partial charge is 0.300 e. The fourth-order valence-corrected chi connectivity index (χ4v) is 4.66. The number of aliphatic hydroxyl groups is 1. The minimum absolute atomic E-state index is 0.0167. The number of carbonyl (C=O) groups is 2. The number of benzene rings is 3. The topological polar surface area (TPSA) is 94.5 Å². The van der Waals surface area contributed by atoms with E-state index in [1.165, 1.54) is 4.90 Å². The van der Waals surface area contributed by atoms with Gasteiger partial charge in [0.1, 0.15) is 28.8 Å². The summed E-state index contributed by atoms with van der Waals surface area (Å²) in [5.41, 5.74) is 1.38. The first-order chi connectivity index (χ1) is 19.3. The lowest BCUT2D eigenvalue weighted by Gasteiger charge is -2.26. The van der Waals surface area contributed by atoms with Gasteiger partial charge in [-0.15, -0.1) is 0 Å². The van der Waals surface area contributed by atoms with Crippen molar-refractivity contribution in [3.05, 3.63) is 83.4 Å². The molecule has 40 heavy (non-hydrogen) atoms. The average molecular weight is 546 g/mol. The van der Waals surface area contributed by atoms with Gasteiger partial charge < -0.3 is 24.1 Å². The van der Waals surface area contributed by atoms with Crippen molar-refractivity contribution in [2.24, 2.45) is 0 Å². The highest BCUT2D eigenvalue weighted by Gasteiger charge is 2.47. The van der Waals surface area contributed by atoms with Gasteiger partial charge >= 0.3 is 0 Å². The minimum atomic E-state index is -0.896. The number of ketones is 1. The van der Waals surface area contributed by atoms with Gasteiger partial charge in [-0.1, -0.05) is 12.1 Å².